The van der Waals surface area contributed by atoms with Crippen LogP contribution in [0.3, 0.4) is 0 Å². The van der Waals surface area contributed by atoms with Crippen molar-refractivity contribution in [1.29, 1.82) is 0 Å². The molecule has 3 aromatic rings. The standard InChI is InChI=1S/C22H20N2O3/c1-15(16-7-3-2-4-8-16)23-21(26)17-11-13-18(14-12-17)24-22(27)19-9-5-6-10-20(19)25/h2-15,25H,1H3,(H,23,26)(H,24,27). The molecule has 0 bridgehead atoms. The molecule has 2 amide bonds. The molecule has 27 heavy (non-hydrogen) atoms. The van der Waals surface area contributed by atoms with Gasteiger partial charge in [-0.3, -0.25) is 9.59 Å². The fourth-order valence-corrected chi connectivity index (χ4v) is 2.67. The molecular formula is C22H20N2O3. The minimum Gasteiger partial charge on any atom is -0.507 e. The van der Waals surface area contributed by atoms with Crippen LogP contribution in [0.25, 0.3) is 0 Å². The Morgan fingerprint density at radius 3 is 2.11 bits per heavy atom. The lowest BCUT2D eigenvalue weighted by Gasteiger charge is -2.14. The van der Waals surface area contributed by atoms with E-state index in [4.69, 9.17) is 0 Å². The van der Waals surface area contributed by atoms with Gasteiger partial charge in [0.1, 0.15) is 5.75 Å². The van der Waals surface area contributed by atoms with E-state index in [9.17, 15) is 14.7 Å². The summed E-state index contributed by atoms with van der Waals surface area (Å²) >= 11 is 0. The fraction of sp³-hybridized carbons (Fsp3) is 0.0909. The molecule has 0 spiro atoms. The zero-order chi connectivity index (χ0) is 19.2. The Morgan fingerprint density at radius 2 is 1.44 bits per heavy atom. The molecule has 0 aliphatic rings. The summed E-state index contributed by atoms with van der Waals surface area (Å²) in [5, 5.41) is 15.4. The fourth-order valence-electron chi connectivity index (χ4n) is 2.67. The summed E-state index contributed by atoms with van der Waals surface area (Å²) in [6, 6.07) is 22.5. The topological polar surface area (TPSA) is 78.4 Å². The highest BCUT2D eigenvalue weighted by atomic mass is 16.3. The van der Waals surface area contributed by atoms with Gasteiger partial charge in [-0.2, -0.15) is 0 Å². The maximum Gasteiger partial charge on any atom is 0.259 e. The highest BCUT2D eigenvalue weighted by molar-refractivity contribution is 6.06. The monoisotopic (exact) mass is 360 g/mol. The first-order chi connectivity index (χ1) is 13.0. The minimum atomic E-state index is -0.414. The first-order valence-electron chi connectivity index (χ1n) is 8.60. The summed E-state index contributed by atoms with van der Waals surface area (Å²) in [6.07, 6.45) is 0. The number of nitrogens with one attached hydrogen (secondary N) is 2. The lowest BCUT2D eigenvalue weighted by Crippen LogP contribution is -2.26. The molecule has 3 N–H and O–H groups in total. The van der Waals surface area contributed by atoms with E-state index in [-0.39, 0.29) is 23.3 Å². The molecule has 1 atom stereocenters. The van der Waals surface area contributed by atoms with Crippen molar-refractivity contribution in [2.24, 2.45) is 0 Å². The summed E-state index contributed by atoms with van der Waals surface area (Å²) < 4.78 is 0. The second kappa shape index (κ2) is 8.19. The summed E-state index contributed by atoms with van der Waals surface area (Å²) in [6.45, 7) is 1.92. The highest BCUT2D eigenvalue weighted by Gasteiger charge is 2.13. The lowest BCUT2D eigenvalue weighted by molar-refractivity contribution is 0.0939. The van der Waals surface area contributed by atoms with Gasteiger partial charge in [0, 0.05) is 11.3 Å². The third kappa shape index (κ3) is 4.52. The van der Waals surface area contributed by atoms with Crippen molar-refractivity contribution in [2.75, 3.05) is 5.32 Å². The van der Waals surface area contributed by atoms with Crippen LogP contribution in [-0.4, -0.2) is 16.9 Å². The van der Waals surface area contributed by atoms with Crippen LogP contribution in [0.1, 0.15) is 39.2 Å². The first kappa shape index (κ1) is 18.2. The van der Waals surface area contributed by atoms with Gasteiger partial charge in [0.05, 0.1) is 11.6 Å². The average Bonchev–Trinajstić information content (AvgIpc) is 2.69. The largest absolute Gasteiger partial charge is 0.507 e. The number of carbonyl (C=O) groups excluding carboxylic acids is 2. The van der Waals surface area contributed by atoms with Crippen molar-refractivity contribution < 1.29 is 14.7 Å². The summed E-state index contributed by atoms with van der Waals surface area (Å²) in [4.78, 5) is 24.6. The molecule has 3 rings (SSSR count). The van der Waals surface area contributed by atoms with E-state index in [1.807, 2.05) is 37.3 Å². The predicted octanol–water partition coefficient (Wildman–Crippen LogP) is 4.14. The number of amides is 2. The smallest absolute Gasteiger partial charge is 0.259 e. The predicted molar refractivity (Wildman–Crippen MR) is 105 cm³/mol. The van der Waals surface area contributed by atoms with Crippen LogP contribution in [0.15, 0.2) is 78.9 Å². The van der Waals surface area contributed by atoms with Gasteiger partial charge in [0.25, 0.3) is 11.8 Å². The Hall–Kier alpha value is -3.60. The van der Waals surface area contributed by atoms with Crippen LogP contribution in [0.2, 0.25) is 0 Å². The van der Waals surface area contributed by atoms with Crippen molar-refractivity contribution in [3.63, 3.8) is 0 Å². The van der Waals surface area contributed by atoms with Crippen LogP contribution in [0.5, 0.6) is 5.75 Å². The van der Waals surface area contributed by atoms with Crippen LogP contribution in [-0.2, 0) is 0 Å². The Morgan fingerprint density at radius 1 is 0.815 bits per heavy atom. The summed E-state index contributed by atoms with van der Waals surface area (Å²) in [5.41, 5.74) is 2.25. The second-order valence-electron chi connectivity index (χ2n) is 6.15. The van der Waals surface area contributed by atoms with Crippen molar-refractivity contribution >= 4 is 17.5 Å². The molecule has 0 radical (unpaired) electrons. The number of para-hydroxylation sites is 1. The van der Waals surface area contributed by atoms with Crippen molar-refractivity contribution in [3.8, 4) is 5.75 Å². The quantitative estimate of drug-likeness (QED) is 0.640. The summed E-state index contributed by atoms with van der Waals surface area (Å²) in [5.74, 6) is -0.686. The number of phenols is 1. The molecule has 0 aliphatic carbocycles. The van der Waals surface area contributed by atoms with E-state index in [1.165, 1.54) is 12.1 Å². The molecule has 3 aromatic carbocycles. The Kier molecular flexibility index (Phi) is 5.52. The Labute approximate surface area is 157 Å². The summed E-state index contributed by atoms with van der Waals surface area (Å²) in [7, 11) is 0. The second-order valence-corrected chi connectivity index (χ2v) is 6.15. The van der Waals surface area contributed by atoms with E-state index in [2.05, 4.69) is 10.6 Å². The highest BCUT2D eigenvalue weighted by Crippen LogP contribution is 2.18. The molecule has 0 saturated heterocycles. The van der Waals surface area contributed by atoms with Crippen LogP contribution < -0.4 is 10.6 Å². The van der Waals surface area contributed by atoms with Crippen molar-refractivity contribution in [3.05, 3.63) is 95.6 Å². The number of aromatic hydroxyl groups is 1. The van der Waals surface area contributed by atoms with Crippen LogP contribution >= 0.6 is 0 Å². The lowest BCUT2D eigenvalue weighted by atomic mass is 10.1. The molecule has 0 aliphatic heterocycles. The molecule has 0 heterocycles. The van der Waals surface area contributed by atoms with Gasteiger partial charge in [0.15, 0.2) is 0 Å². The Balaban J connectivity index is 1.64. The van der Waals surface area contributed by atoms with Crippen molar-refractivity contribution in [1.82, 2.24) is 5.32 Å². The molecule has 1 unspecified atom stereocenters. The normalized spacial score (nSPS) is 11.4. The van der Waals surface area contributed by atoms with E-state index in [1.54, 1.807) is 36.4 Å². The minimum absolute atomic E-state index is 0.0825. The average molecular weight is 360 g/mol. The van der Waals surface area contributed by atoms with E-state index >= 15 is 0 Å². The molecule has 0 saturated carbocycles. The van der Waals surface area contributed by atoms with E-state index < -0.39 is 5.91 Å². The van der Waals surface area contributed by atoms with Gasteiger partial charge in [-0.15, -0.1) is 0 Å². The number of benzene rings is 3. The molecule has 0 aromatic heterocycles. The van der Waals surface area contributed by atoms with Gasteiger partial charge < -0.3 is 15.7 Å². The van der Waals surface area contributed by atoms with Crippen LogP contribution in [0.4, 0.5) is 5.69 Å². The molecule has 0 fully saturated rings. The number of phenolic OH excluding ortho intramolecular Hbond substituents is 1. The van der Waals surface area contributed by atoms with Gasteiger partial charge in [-0.1, -0.05) is 42.5 Å². The number of rotatable bonds is 5. The zero-order valence-corrected chi connectivity index (χ0v) is 14.8. The molecule has 5 nitrogen and oxygen atoms in total. The molecule has 5 heteroatoms. The molecule has 136 valence electrons. The molecular weight excluding hydrogens is 340 g/mol. The maximum absolute atomic E-state index is 12.4. The van der Waals surface area contributed by atoms with Gasteiger partial charge in [-0.05, 0) is 48.9 Å². The third-order valence-corrected chi connectivity index (χ3v) is 4.20. The third-order valence-electron chi connectivity index (χ3n) is 4.20. The van der Waals surface area contributed by atoms with E-state index in [0.717, 1.165) is 5.56 Å². The number of anilines is 1. The van der Waals surface area contributed by atoms with Gasteiger partial charge >= 0.3 is 0 Å². The van der Waals surface area contributed by atoms with Gasteiger partial charge in [-0.25, -0.2) is 0 Å². The maximum atomic E-state index is 12.4. The van der Waals surface area contributed by atoms with Crippen molar-refractivity contribution in [2.45, 2.75) is 13.0 Å². The SMILES string of the molecule is CC(NC(=O)c1ccc(NC(=O)c2ccccc2O)cc1)c1ccccc1. The van der Waals surface area contributed by atoms with E-state index in [0.29, 0.717) is 11.3 Å². The zero-order valence-electron chi connectivity index (χ0n) is 14.8. The van der Waals surface area contributed by atoms with Crippen LogP contribution in [0, 0.1) is 0 Å². The number of hydrogen-bond donors (Lipinski definition) is 3. The first-order valence-corrected chi connectivity index (χ1v) is 8.60. The van der Waals surface area contributed by atoms with Gasteiger partial charge in [0.2, 0.25) is 0 Å². The number of carbonyl (C=O) groups is 2. The Bertz CT molecular complexity index is 937. The number of hydrogen-bond acceptors (Lipinski definition) is 3.